The van der Waals surface area contributed by atoms with Gasteiger partial charge in [-0.05, 0) is 53.5 Å². The summed E-state index contributed by atoms with van der Waals surface area (Å²) in [6.45, 7) is 0.569. The first-order valence-electron chi connectivity index (χ1n) is 12.8. The van der Waals surface area contributed by atoms with E-state index in [9.17, 15) is 9.46 Å². The molecule has 2 atom stereocenters. The molecule has 192 valence electrons. The molecule has 0 fully saturated rings. The highest BCUT2D eigenvalue weighted by atomic mass is 127. The second-order valence-corrected chi connectivity index (χ2v) is 12.7. The van der Waals surface area contributed by atoms with Crippen molar-refractivity contribution in [2.24, 2.45) is 0 Å². The zero-order chi connectivity index (χ0) is 24.6. The molecule has 0 saturated heterocycles. The third-order valence-electron chi connectivity index (χ3n) is 5.96. The van der Waals surface area contributed by atoms with Gasteiger partial charge in [0.1, 0.15) is 12.6 Å². The summed E-state index contributed by atoms with van der Waals surface area (Å²) in [4.78, 5) is 20.1. The molecule has 0 saturated carbocycles. The summed E-state index contributed by atoms with van der Waals surface area (Å²) in [5.74, 6) is 0. The Kier molecular flexibility index (Phi) is 16.4. The predicted molar refractivity (Wildman–Crippen MR) is 145 cm³/mol. The van der Waals surface area contributed by atoms with E-state index in [4.69, 9.17) is 9.42 Å². The van der Waals surface area contributed by atoms with Gasteiger partial charge < -0.3 is 18.8 Å². The van der Waals surface area contributed by atoms with Crippen molar-refractivity contribution in [1.29, 1.82) is 0 Å². The Morgan fingerprint density at radius 3 is 1.79 bits per heavy atom. The average molecular weight is 596 g/mol. The first kappa shape index (κ1) is 31.1. The number of phosphoric acid groups is 1. The Morgan fingerprint density at radius 1 is 0.879 bits per heavy atom. The Bertz CT molecular complexity index is 675. The van der Waals surface area contributed by atoms with Gasteiger partial charge in [0.05, 0.1) is 21.1 Å². The minimum Gasteiger partial charge on any atom is -0.756 e. The molecular formula is C26H47INO4P. The average Bonchev–Trinajstić information content (AvgIpc) is 2.69. The molecule has 0 aliphatic heterocycles. The van der Waals surface area contributed by atoms with E-state index in [1.807, 2.05) is 21.1 Å². The smallest absolute Gasteiger partial charge is 0.265 e. The van der Waals surface area contributed by atoms with E-state index in [0.717, 1.165) is 12.8 Å². The van der Waals surface area contributed by atoms with Gasteiger partial charge in [0, 0.05) is 3.57 Å². The lowest BCUT2D eigenvalue weighted by atomic mass is 10.0. The minimum absolute atomic E-state index is 0.444. The number of aryl methyl sites for hydroxylation is 1. The van der Waals surface area contributed by atoms with Crippen LogP contribution in [0.2, 0.25) is 0 Å². The van der Waals surface area contributed by atoms with Gasteiger partial charge in [-0.3, -0.25) is 4.57 Å². The van der Waals surface area contributed by atoms with Crippen LogP contribution in [0.5, 0.6) is 0 Å². The van der Waals surface area contributed by atoms with Crippen molar-refractivity contribution in [1.82, 2.24) is 0 Å². The van der Waals surface area contributed by atoms with Crippen molar-refractivity contribution in [3.63, 3.8) is 0 Å². The fourth-order valence-electron chi connectivity index (χ4n) is 4.31. The molecule has 5 nitrogen and oxygen atoms in total. The van der Waals surface area contributed by atoms with Crippen LogP contribution in [-0.4, -0.2) is 43.2 Å². The standard InChI is InChI=1S/C26H47INO4P/c1-28(2,3)23-25(32-33(29,30)31)21-16-14-12-10-8-6-4-5-7-9-11-13-15-19-24-20-17-18-22-26(24)27/h17-18,20,22,25H,4-16,19,21,23H2,1-3H3,(H-,29,30,31). The van der Waals surface area contributed by atoms with Crippen molar-refractivity contribution in [3.05, 3.63) is 33.4 Å². The van der Waals surface area contributed by atoms with E-state index < -0.39 is 13.9 Å². The number of benzene rings is 1. The lowest BCUT2D eigenvalue weighted by molar-refractivity contribution is -0.873. The summed E-state index contributed by atoms with van der Waals surface area (Å²) in [6, 6.07) is 8.70. The summed E-state index contributed by atoms with van der Waals surface area (Å²) < 4.78 is 18.0. The highest BCUT2D eigenvalue weighted by molar-refractivity contribution is 14.1. The maximum Gasteiger partial charge on any atom is 0.265 e. The van der Waals surface area contributed by atoms with Gasteiger partial charge in [-0.15, -0.1) is 0 Å². The van der Waals surface area contributed by atoms with Crippen LogP contribution >= 0.6 is 30.4 Å². The monoisotopic (exact) mass is 595 g/mol. The molecule has 0 aromatic heterocycles. The third-order valence-corrected chi connectivity index (χ3v) is 7.58. The molecule has 1 N–H and O–H groups in total. The minimum atomic E-state index is -4.67. The van der Waals surface area contributed by atoms with Gasteiger partial charge in [0.25, 0.3) is 7.82 Å². The number of phosphoric ester groups is 1. The number of quaternary nitrogens is 1. The molecule has 0 bridgehead atoms. The highest BCUT2D eigenvalue weighted by Crippen LogP contribution is 2.34. The molecule has 1 rings (SSSR count). The van der Waals surface area contributed by atoms with Crippen LogP contribution in [0.25, 0.3) is 0 Å². The van der Waals surface area contributed by atoms with Crippen LogP contribution in [0, 0.1) is 3.57 Å². The van der Waals surface area contributed by atoms with E-state index in [0.29, 0.717) is 17.4 Å². The Balaban J connectivity index is 1.92. The summed E-state index contributed by atoms with van der Waals surface area (Å²) in [7, 11) is 1.32. The summed E-state index contributed by atoms with van der Waals surface area (Å²) in [6.07, 6.45) is 18.0. The number of unbranched alkanes of at least 4 members (excludes halogenated alkanes) is 12. The van der Waals surface area contributed by atoms with Crippen LogP contribution in [0.3, 0.4) is 0 Å². The number of hydrogen-bond acceptors (Lipinski definition) is 3. The molecule has 7 heteroatoms. The molecule has 1 aromatic carbocycles. The van der Waals surface area contributed by atoms with E-state index >= 15 is 0 Å². The number of rotatable bonds is 20. The highest BCUT2D eigenvalue weighted by Gasteiger charge is 2.22. The summed E-state index contributed by atoms with van der Waals surface area (Å²) >= 11 is 2.44. The molecule has 0 amide bonds. The maximum absolute atomic E-state index is 11.1. The molecule has 0 heterocycles. The second kappa shape index (κ2) is 17.4. The van der Waals surface area contributed by atoms with Crippen molar-refractivity contribution in [2.45, 2.75) is 102 Å². The second-order valence-electron chi connectivity index (χ2n) is 10.4. The normalized spacial score (nSPS) is 14.8. The Morgan fingerprint density at radius 2 is 1.33 bits per heavy atom. The van der Waals surface area contributed by atoms with Crippen LogP contribution < -0.4 is 4.89 Å². The maximum atomic E-state index is 11.1. The van der Waals surface area contributed by atoms with Gasteiger partial charge in [-0.25, -0.2) is 0 Å². The molecule has 33 heavy (non-hydrogen) atoms. The quantitative estimate of drug-likeness (QED) is 0.0775. The van der Waals surface area contributed by atoms with E-state index in [-0.39, 0.29) is 0 Å². The van der Waals surface area contributed by atoms with Gasteiger partial charge in [-0.2, -0.15) is 0 Å². The molecule has 0 aliphatic rings. The van der Waals surface area contributed by atoms with Crippen LogP contribution in [0.4, 0.5) is 0 Å². The lowest BCUT2D eigenvalue weighted by Crippen LogP contribution is -2.42. The molecule has 0 aliphatic carbocycles. The van der Waals surface area contributed by atoms with E-state index in [2.05, 4.69) is 46.9 Å². The van der Waals surface area contributed by atoms with Crippen molar-refractivity contribution in [3.8, 4) is 0 Å². The van der Waals surface area contributed by atoms with E-state index in [1.165, 1.54) is 86.2 Å². The first-order valence-corrected chi connectivity index (χ1v) is 15.4. The zero-order valence-electron chi connectivity index (χ0n) is 21.1. The Labute approximate surface area is 216 Å². The van der Waals surface area contributed by atoms with Gasteiger partial charge in [0.2, 0.25) is 0 Å². The molecule has 2 unspecified atom stereocenters. The van der Waals surface area contributed by atoms with Crippen LogP contribution in [0.1, 0.15) is 95.5 Å². The predicted octanol–water partition coefficient (Wildman–Crippen LogP) is 6.85. The lowest BCUT2D eigenvalue weighted by Gasteiger charge is -2.31. The number of likely N-dealkylation sites (N-methyl/N-ethyl adjacent to an activating group) is 1. The molecule has 0 radical (unpaired) electrons. The van der Waals surface area contributed by atoms with Gasteiger partial charge in [0.15, 0.2) is 0 Å². The third kappa shape index (κ3) is 19.0. The fraction of sp³-hybridized carbons (Fsp3) is 0.769. The van der Waals surface area contributed by atoms with Crippen molar-refractivity contribution >= 4 is 30.4 Å². The molecular weight excluding hydrogens is 548 g/mol. The summed E-state index contributed by atoms with van der Waals surface area (Å²) in [5.41, 5.74) is 1.49. The largest absolute Gasteiger partial charge is 0.756 e. The van der Waals surface area contributed by atoms with Gasteiger partial charge in [-0.1, -0.05) is 95.2 Å². The van der Waals surface area contributed by atoms with E-state index in [1.54, 1.807) is 0 Å². The first-order chi connectivity index (χ1) is 15.6. The van der Waals surface area contributed by atoms with Crippen LogP contribution in [0.15, 0.2) is 24.3 Å². The van der Waals surface area contributed by atoms with Crippen LogP contribution in [-0.2, 0) is 15.5 Å². The molecule has 1 aromatic rings. The SMILES string of the molecule is C[N+](C)(C)CC(CCCCCCCCCCCCCCCc1ccccc1I)OP(=O)([O-])O. The molecule has 0 spiro atoms. The Hall–Kier alpha value is 0.0200. The number of halogens is 1. The topological polar surface area (TPSA) is 69.6 Å². The zero-order valence-corrected chi connectivity index (χ0v) is 24.2. The number of nitrogens with zero attached hydrogens (tertiary/aromatic N) is 1. The van der Waals surface area contributed by atoms with Crippen molar-refractivity contribution in [2.75, 3.05) is 27.7 Å². The fourth-order valence-corrected chi connectivity index (χ4v) is 5.52. The van der Waals surface area contributed by atoms with Gasteiger partial charge >= 0.3 is 0 Å². The number of hydrogen-bond donors (Lipinski definition) is 1. The summed E-state index contributed by atoms with van der Waals surface area (Å²) in [5, 5.41) is 0. The van der Waals surface area contributed by atoms with Crippen molar-refractivity contribution < 1.29 is 23.4 Å².